The molecule has 1 heterocycles. The maximum atomic E-state index is 5.81. The van der Waals surface area contributed by atoms with Gasteiger partial charge in [0.2, 0.25) is 0 Å². The minimum Gasteiger partial charge on any atom is -0.384 e. The number of aryl methyl sites for hydroxylation is 1. The van der Waals surface area contributed by atoms with Crippen molar-refractivity contribution in [2.24, 2.45) is 0 Å². The number of methoxy groups -OCH3 is 1. The van der Waals surface area contributed by atoms with Crippen LogP contribution < -0.4 is 5.73 Å². The fraction of sp³-hybridized carbons (Fsp3) is 0.667. The molecule has 0 bridgehead atoms. The lowest BCUT2D eigenvalue weighted by molar-refractivity contribution is 0.00593. The Balaban J connectivity index is 2.80. The molecule has 0 amide bonds. The van der Waals surface area contributed by atoms with Crippen molar-refractivity contribution in [1.82, 2.24) is 9.78 Å². The number of hydrogen-bond acceptors (Lipinski definition) is 3. The van der Waals surface area contributed by atoms with Gasteiger partial charge in [0, 0.05) is 12.7 Å². The van der Waals surface area contributed by atoms with Crippen molar-refractivity contribution in [1.29, 1.82) is 0 Å². The second kappa shape index (κ2) is 3.38. The SMILES string of the molecule is COC(C)(C)Cn1ncc(C)c1N. The van der Waals surface area contributed by atoms with Gasteiger partial charge in [0.05, 0.1) is 18.3 Å². The summed E-state index contributed by atoms with van der Waals surface area (Å²) >= 11 is 0. The molecule has 0 spiro atoms. The van der Waals surface area contributed by atoms with Crippen molar-refractivity contribution in [3.05, 3.63) is 11.8 Å². The van der Waals surface area contributed by atoms with Crippen LogP contribution in [0.4, 0.5) is 5.82 Å². The van der Waals surface area contributed by atoms with Crippen LogP contribution in [0.5, 0.6) is 0 Å². The molecule has 0 aliphatic rings. The number of nitrogens with two attached hydrogens (primary N) is 1. The maximum absolute atomic E-state index is 5.81. The number of anilines is 1. The van der Waals surface area contributed by atoms with Crippen LogP contribution in [0.2, 0.25) is 0 Å². The van der Waals surface area contributed by atoms with Crippen molar-refractivity contribution in [2.75, 3.05) is 12.8 Å². The second-order valence-electron chi connectivity index (χ2n) is 3.83. The van der Waals surface area contributed by atoms with Crippen LogP contribution in [0.3, 0.4) is 0 Å². The van der Waals surface area contributed by atoms with E-state index >= 15 is 0 Å². The average Bonchev–Trinajstić information content (AvgIpc) is 2.36. The van der Waals surface area contributed by atoms with Gasteiger partial charge >= 0.3 is 0 Å². The van der Waals surface area contributed by atoms with E-state index in [1.807, 2.05) is 20.8 Å². The Bertz CT molecular complexity index is 291. The molecule has 4 nitrogen and oxygen atoms in total. The van der Waals surface area contributed by atoms with E-state index in [-0.39, 0.29) is 5.60 Å². The zero-order chi connectivity index (χ0) is 10.1. The molecule has 4 heteroatoms. The largest absolute Gasteiger partial charge is 0.384 e. The summed E-state index contributed by atoms with van der Waals surface area (Å²) in [6.45, 7) is 6.62. The van der Waals surface area contributed by atoms with Gasteiger partial charge in [0.1, 0.15) is 5.82 Å². The van der Waals surface area contributed by atoms with E-state index in [0.717, 1.165) is 5.56 Å². The first-order valence-corrected chi connectivity index (χ1v) is 4.29. The third-order valence-corrected chi connectivity index (χ3v) is 2.16. The molecule has 1 aromatic heterocycles. The van der Waals surface area contributed by atoms with E-state index < -0.39 is 0 Å². The standard InChI is InChI=1S/C9H17N3O/c1-7-5-11-12(8(7)10)6-9(2,3)13-4/h5H,6,10H2,1-4H3. The minimum absolute atomic E-state index is 0.230. The maximum Gasteiger partial charge on any atom is 0.124 e. The van der Waals surface area contributed by atoms with Crippen LogP contribution in [-0.4, -0.2) is 22.5 Å². The lowest BCUT2D eigenvalue weighted by Crippen LogP contribution is -2.30. The van der Waals surface area contributed by atoms with E-state index in [9.17, 15) is 0 Å². The first-order valence-electron chi connectivity index (χ1n) is 4.29. The Kier molecular flexibility index (Phi) is 2.61. The molecule has 1 rings (SSSR count). The van der Waals surface area contributed by atoms with Crippen LogP contribution in [0, 0.1) is 6.92 Å². The highest BCUT2D eigenvalue weighted by atomic mass is 16.5. The molecular formula is C9H17N3O. The molecule has 0 aliphatic heterocycles. The third-order valence-electron chi connectivity index (χ3n) is 2.16. The van der Waals surface area contributed by atoms with Crippen molar-refractivity contribution in [3.8, 4) is 0 Å². The van der Waals surface area contributed by atoms with E-state index in [1.54, 1.807) is 18.0 Å². The van der Waals surface area contributed by atoms with Gasteiger partial charge in [-0.05, 0) is 20.8 Å². The number of rotatable bonds is 3. The Labute approximate surface area is 78.7 Å². The Morgan fingerprint density at radius 3 is 2.62 bits per heavy atom. The van der Waals surface area contributed by atoms with Crippen LogP contribution >= 0.6 is 0 Å². The summed E-state index contributed by atoms with van der Waals surface area (Å²) in [6, 6.07) is 0. The van der Waals surface area contributed by atoms with E-state index in [4.69, 9.17) is 10.5 Å². The molecule has 0 aliphatic carbocycles. The Morgan fingerprint density at radius 2 is 2.23 bits per heavy atom. The molecule has 0 radical (unpaired) electrons. The first-order chi connectivity index (χ1) is 5.96. The fourth-order valence-electron chi connectivity index (χ4n) is 1.04. The van der Waals surface area contributed by atoms with Crippen molar-refractivity contribution < 1.29 is 4.74 Å². The molecule has 13 heavy (non-hydrogen) atoms. The van der Waals surface area contributed by atoms with Gasteiger partial charge in [0.25, 0.3) is 0 Å². The van der Waals surface area contributed by atoms with Crippen LogP contribution in [0.15, 0.2) is 6.20 Å². The van der Waals surface area contributed by atoms with Gasteiger partial charge < -0.3 is 10.5 Å². The molecule has 0 aromatic carbocycles. The minimum atomic E-state index is -0.230. The normalized spacial score (nSPS) is 12.0. The highest BCUT2D eigenvalue weighted by Gasteiger charge is 2.19. The third kappa shape index (κ3) is 2.21. The smallest absolute Gasteiger partial charge is 0.124 e. The molecular weight excluding hydrogens is 166 g/mol. The number of hydrogen-bond donors (Lipinski definition) is 1. The van der Waals surface area contributed by atoms with Gasteiger partial charge in [-0.25, -0.2) is 4.68 Å². The number of aromatic nitrogens is 2. The van der Waals surface area contributed by atoms with Gasteiger partial charge in [-0.3, -0.25) is 0 Å². The predicted octanol–water partition coefficient (Wildman–Crippen LogP) is 1.20. The summed E-state index contributed by atoms with van der Waals surface area (Å²) in [5, 5.41) is 4.16. The zero-order valence-electron chi connectivity index (χ0n) is 8.66. The quantitative estimate of drug-likeness (QED) is 0.766. The van der Waals surface area contributed by atoms with E-state index in [2.05, 4.69) is 5.10 Å². The molecule has 0 fully saturated rings. The molecule has 0 unspecified atom stereocenters. The summed E-state index contributed by atoms with van der Waals surface area (Å²) in [6.07, 6.45) is 1.76. The van der Waals surface area contributed by atoms with Crippen LogP contribution in [0.1, 0.15) is 19.4 Å². The van der Waals surface area contributed by atoms with E-state index in [1.165, 1.54) is 0 Å². The monoisotopic (exact) mass is 183 g/mol. The highest BCUT2D eigenvalue weighted by molar-refractivity contribution is 5.37. The zero-order valence-corrected chi connectivity index (χ0v) is 8.66. The number of nitrogen functional groups attached to an aromatic ring is 1. The second-order valence-corrected chi connectivity index (χ2v) is 3.83. The van der Waals surface area contributed by atoms with Gasteiger partial charge in [-0.2, -0.15) is 5.10 Å². The topological polar surface area (TPSA) is 53.1 Å². The molecule has 74 valence electrons. The molecule has 0 atom stereocenters. The summed E-state index contributed by atoms with van der Waals surface area (Å²) in [4.78, 5) is 0. The predicted molar refractivity (Wildman–Crippen MR) is 52.5 cm³/mol. The van der Waals surface area contributed by atoms with Crippen molar-refractivity contribution in [3.63, 3.8) is 0 Å². The lowest BCUT2D eigenvalue weighted by atomic mass is 10.1. The highest BCUT2D eigenvalue weighted by Crippen LogP contribution is 2.15. The summed E-state index contributed by atoms with van der Waals surface area (Å²) in [5.41, 5.74) is 6.59. The van der Waals surface area contributed by atoms with Gasteiger partial charge in [0.15, 0.2) is 0 Å². The Morgan fingerprint density at radius 1 is 1.62 bits per heavy atom. The van der Waals surface area contributed by atoms with Crippen molar-refractivity contribution >= 4 is 5.82 Å². The van der Waals surface area contributed by atoms with E-state index in [0.29, 0.717) is 12.4 Å². The summed E-state index contributed by atoms with van der Waals surface area (Å²) < 4.78 is 7.05. The number of nitrogens with zero attached hydrogens (tertiary/aromatic N) is 2. The fourth-order valence-corrected chi connectivity index (χ4v) is 1.04. The Hall–Kier alpha value is -1.03. The summed E-state index contributed by atoms with van der Waals surface area (Å²) in [7, 11) is 1.69. The van der Waals surface area contributed by atoms with Gasteiger partial charge in [-0.1, -0.05) is 0 Å². The lowest BCUT2D eigenvalue weighted by Gasteiger charge is -2.23. The van der Waals surface area contributed by atoms with Gasteiger partial charge in [-0.15, -0.1) is 0 Å². The van der Waals surface area contributed by atoms with Crippen LogP contribution in [-0.2, 0) is 11.3 Å². The molecule has 0 saturated carbocycles. The van der Waals surface area contributed by atoms with Crippen molar-refractivity contribution in [2.45, 2.75) is 32.9 Å². The first kappa shape index (κ1) is 10.1. The number of ether oxygens (including phenoxy) is 1. The molecule has 0 saturated heterocycles. The van der Waals surface area contributed by atoms with Crippen LogP contribution in [0.25, 0.3) is 0 Å². The molecule has 1 aromatic rings. The average molecular weight is 183 g/mol. The molecule has 2 N–H and O–H groups in total. The summed E-state index contributed by atoms with van der Waals surface area (Å²) in [5.74, 6) is 0.713.